The zero-order valence-electron chi connectivity index (χ0n) is 12.6. The highest BCUT2D eigenvalue weighted by molar-refractivity contribution is 5.38. The molecule has 1 N–H and O–H groups in total. The summed E-state index contributed by atoms with van der Waals surface area (Å²) in [5.41, 5.74) is 0.796. The average molecular weight is 274 g/mol. The van der Waals surface area contributed by atoms with Crippen LogP contribution in [0, 0.1) is 11.8 Å². The summed E-state index contributed by atoms with van der Waals surface area (Å²) in [6.45, 7) is 5.27. The summed E-state index contributed by atoms with van der Waals surface area (Å²) in [5, 5.41) is 11.1. The standard InChI is InChI=1S/C18H26O2/c1-13-7-8-14(2)18(19,11-13)12-15-9-10-20-17-6-4-3-5-16(15)17/h3-6,13-15,19H,7-12H2,1-2H3. The van der Waals surface area contributed by atoms with Crippen LogP contribution in [-0.4, -0.2) is 17.3 Å². The monoisotopic (exact) mass is 274 g/mol. The number of hydrogen-bond acceptors (Lipinski definition) is 2. The SMILES string of the molecule is CC1CCC(C)C(O)(CC2CCOc3ccccc32)C1. The zero-order valence-corrected chi connectivity index (χ0v) is 12.6. The lowest BCUT2D eigenvalue weighted by atomic mass is 9.67. The van der Waals surface area contributed by atoms with Crippen LogP contribution in [0.2, 0.25) is 0 Å². The number of hydrogen-bond donors (Lipinski definition) is 1. The molecule has 0 amide bonds. The average Bonchev–Trinajstić information content (AvgIpc) is 2.44. The highest BCUT2D eigenvalue weighted by Gasteiger charge is 2.41. The van der Waals surface area contributed by atoms with Gasteiger partial charge >= 0.3 is 0 Å². The molecular weight excluding hydrogens is 248 g/mol. The Hall–Kier alpha value is -1.02. The number of fused-ring (bicyclic) bond motifs is 1. The fourth-order valence-corrected chi connectivity index (χ4v) is 4.05. The summed E-state index contributed by atoms with van der Waals surface area (Å²) in [5.74, 6) is 2.52. The second-order valence-electron chi connectivity index (χ2n) is 6.97. The maximum absolute atomic E-state index is 11.1. The van der Waals surface area contributed by atoms with Crippen LogP contribution in [0.1, 0.15) is 57.4 Å². The van der Waals surface area contributed by atoms with Crippen molar-refractivity contribution in [1.82, 2.24) is 0 Å². The van der Waals surface area contributed by atoms with Crippen LogP contribution < -0.4 is 4.74 Å². The van der Waals surface area contributed by atoms with Crippen LogP contribution in [0.3, 0.4) is 0 Å². The summed E-state index contributed by atoms with van der Waals surface area (Å²) in [7, 11) is 0. The molecule has 0 aromatic heterocycles. The van der Waals surface area contributed by atoms with Crippen molar-refractivity contribution in [3.8, 4) is 5.75 Å². The molecule has 0 bridgehead atoms. The quantitative estimate of drug-likeness (QED) is 0.878. The number of para-hydroxylation sites is 1. The Morgan fingerprint density at radius 1 is 1.20 bits per heavy atom. The van der Waals surface area contributed by atoms with Gasteiger partial charge in [0.15, 0.2) is 0 Å². The molecule has 1 heterocycles. The lowest BCUT2D eigenvalue weighted by Crippen LogP contribution is -2.43. The maximum atomic E-state index is 11.1. The van der Waals surface area contributed by atoms with Crippen molar-refractivity contribution in [3.05, 3.63) is 29.8 Å². The van der Waals surface area contributed by atoms with E-state index in [-0.39, 0.29) is 0 Å². The van der Waals surface area contributed by atoms with Gasteiger partial charge < -0.3 is 9.84 Å². The molecule has 3 rings (SSSR count). The molecule has 2 heteroatoms. The molecule has 4 unspecified atom stereocenters. The topological polar surface area (TPSA) is 29.5 Å². The van der Waals surface area contributed by atoms with Crippen molar-refractivity contribution >= 4 is 0 Å². The van der Waals surface area contributed by atoms with Crippen LogP contribution in [-0.2, 0) is 0 Å². The van der Waals surface area contributed by atoms with Crippen LogP contribution in [0.25, 0.3) is 0 Å². The fraction of sp³-hybridized carbons (Fsp3) is 0.667. The maximum Gasteiger partial charge on any atom is 0.122 e. The van der Waals surface area contributed by atoms with E-state index in [2.05, 4.69) is 32.0 Å². The highest BCUT2D eigenvalue weighted by atomic mass is 16.5. The molecule has 110 valence electrons. The van der Waals surface area contributed by atoms with E-state index in [0.717, 1.165) is 38.0 Å². The van der Waals surface area contributed by atoms with Gasteiger partial charge in [-0.05, 0) is 55.1 Å². The van der Waals surface area contributed by atoms with Crippen molar-refractivity contribution in [2.45, 2.75) is 57.5 Å². The molecular formula is C18H26O2. The molecule has 4 atom stereocenters. The molecule has 1 aromatic carbocycles. The number of benzene rings is 1. The van der Waals surface area contributed by atoms with Gasteiger partial charge in [-0.1, -0.05) is 38.5 Å². The van der Waals surface area contributed by atoms with Crippen LogP contribution >= 0.6 is 0 Å². The first kappa shape index (κ1) is 13.9. The zero-order chi connectivity index (χ0) is 14.2. The summed E-state index contributed by atoms with van der Waals surface area (Å²) >= 11 is 0. The van der Waals surface area contributed by atoms with Crippen LogP contribution in [0.5, 0.6) is 5.75 Å². The van der Waals surface area contributed by atoms with Crippen molar-refractivity contribution in [2.24, 2.45) is 11.8 Å². The van der Waals surface area contributed by atoms with Gasteiger partial charge in [0.05, 0.1) is 12.2 Å². The Labute approximate surface area is 122 Å². The van der Waals surface area contributed by atoms with Crippen LogP contribution in [0.4, 0.5) is 0 Å². The highest BCUT2D eigenvalue weighted by Crippen LogP contribution is 2.45. The second-order valence-corrected chi connectivity index (χ2v) is 6.97. The third-order valence-electron chi connectivity index (χ3n) is 5.39. The lowest BCUT2D eigenvalue weighted by molar-refractivity contribution is -0.0694. The van der Waals surface area contributed by atoms with Crippen LogP contribution in [0.15, 0.2) is 24.3 Å². The number of ether oxygens (including phenoxy) is 1. The van der Waals surface area contributed by atoms with Gasteiger partial charge in [0.2, 0.25) is 0 Å². The molecule has 2 nitrogen and oxygen atoms in total. The third-order valence-corrected chi connectivity index (χ3v) is 5.39. The van der Waals surface area contributed by atoms with Gasteiger partial charge in [0, 0.05) is 0 Å². The van der Waals surface area contributed by atoms with Gasteiger partial charge in [0.25, 0.3) is 0 Å². The third kappa shape index (κ3) is 2.58. The van der Waals surface area contributed by atoms with E-state index in [4.69, 9.17) is 4.74 Å². The number of rotatable bonds is 2. The number of aliphatic hydroxyl groups is 1. The predicted molar refractivity (Wildman–Crippen MR) is 81.0 cm³/mol. The molecule has 1 aliphatic heterocycles. The van der Waals surface area contributed by atoms with E-state index in [1.165, 1.54) is 12.0 Å². The second kappa shape index (κ2) is 5.40. The molecule has 20 heavy (non-hydrogen) atoms. The Morgan fingerprint density at radius 3 is 2.85 bits per heavy atom. The first-order chi connectivity index (χ1) is 9.58. The van der Waals surface area contributed by atoms with Gasteiger partial charge in [-0.15, -0.1) is 0 Å². The van der Waals surface area contributed by atoms with Gasteiger partial charge in [-0.25, -0.2) is 0 Å². The molecule has 1 aromatic rings. The van der Waals surface area contributed by atoms with E-state index in [1.807, 2.05) is 6.07 Å². The Kier molecular flexibility index (Phi) is 3.76. The van der Waals surface area contributed by atoms with Gasteiger partial charge in [-0.2, -0.15) is 0 Å². The van der Waals surface area contributed by atoms with Crippen molar-refractivity contribution < 1.29 is 9.84 Å². The van der Waals surface area contributed by atoms with E-state index < -0.39 is 5.60 Å². The lowest BCUT2D eigenvalue weighted by Gasteiger charge is -2.43. The van der Waals surface area contributed by atoms with E-state index in [1.54, 1.807) is 0 Å². The first-order valence-electron chi connectivity index (χ1n) is 8.02. The Bertz CT molecular complexity index is 470. The summed E-state index contributed by atoms with van der Waals surface area (Å²) in [4.78, 5) is 0. The predicted octanol–water partition coefficient (Wildman–Crippen LogP) is 4.13. The minimum absolute atomic E-state index is 0.411. The van der Waals surface area contributed by atoms with Gasteiger partial charge in [0.1, 0.15) is 5.75 Å². The van der Waals surface area contributed by atoms with E-state index >= 15 is 0 Å². The molecule has 0 saturated heterocycles. The Morgan fingerprint density at radius 2 is 2.00 bits per heavy atom. The van der Waals surface area contributed by atoms with Crippen molar-refractivity contribution in [2.75, 3.05) is 6.61 Å². The van der Waals surface area contributed by atoms with E-state index in [0.29, 0.717) is 17.8 Å². The molecule has 0 spiro atoms. The minimum Gasteiger partial charge on any atom is -0.493 e. The Balaban J connectivity index is 1.81. The van der Waals surface area contributed by atoms with Crippen molar-refractivity contribution in [1.29, 1.82) is 0 Å². The molecule has 0 radical (unpaired) electrons. The summed E-state index contributed by atoms with van der Waals surface area (Å²) < 4.78 is 5.74. The molecule has 2 aliphatic rings. The fourth-order valence-electron chi connectivity index (χ4n) is 4.05. The summed E-state index contributed by atoms with van der Waals surface area (Å²) in [6, 6.07) is 8.33. The molecule has 1 fully saturated rings. The van der Waals surface area contributed by atoms with E-state index in [9.17, 15) is 5.11 Å². The molecule has 1 aliphatic carbocycles. The van der Waals surface area contributed by atoms with Gasteiger partial charge in [-0.3, -0.25) is 0 Å². The smallest absolute Gasteiger partial charge is 0.122 e. The largest absolute Gasteiger partial charge is 0.493 e. The van der Waals surface area contributed by atoms with Crippen molar-refractivity contribution in [3.63, 3.8) is 0 Å². The molecule has 1 saturated carbocycles. The minimum atomic E-state index is -0.493. The summed E-state index contributed by atoms with van der Waals surface area (Å²) in [6.07, 6.45) is 5.28. The first-order valence-corrected chi connectivity index (χ1v) is 8.02. The normalized spacial score (nSPS) is 37.0.